The molecule has 4 rings (SSSR count). The summed E-state index contributed by atoms with van der Waals surface area (Å²) in [5, 5.41) is 0.636. The van der Waals surface area contributed by atoms with Gasteiger partial charge in [-0.1, -0.05) is 24.3 Å². The molecule has 0 unspecified atom stereocenters. The van der Waals surface area contributed by atoms with Crippen LogP contribution in [0.5, 0.6) is 5.75 Å². The number of aromatic nitrogens is 2. The molecule has 1 heterocycles. The monoisotopic (exact) mass is 349 g/mol. The molecule has 1 N–H and O–H groups in total. The van der Waals surface area contributed by atoms with Gasteiger partial charge < -0.3 is 9.72 Å². The van der Waals surface area contributed by atoms with E-state index in [1.165, 1.54) is 18.4 Å². The lowest BCUT2D eigenvalue weighted by atomic mass is 10.1. The van der Waals surface area contributed by atoms with Gasteiger partial charge in [0.1, 0.15) is 11.6 Å². The summed E-state index contributed by atoms with van der Waals surface area (Å²) in [4.78, 5) is 22.5. The molecule has 1 aliphatic carbocycles. The van der Waals surface area contributed by atoms with Gasteiger partial charge in [-0.3, -0.25) is 9.69 Å². The quantitative estimate of drug-likeness (QED) is 0.738. The molecule has 26 heavy (non-hydrogen) atoms. The van der Waals surface area contributed by atoms with Gasteiger partial charge in [-0.2, -0.15) is 0 Å². The number of benzene rings is 2. The first-order valence-electron chi connectivity index (χ1n) is 9.03. The van der Waals surface area contributed by atoms with E-state index in [0.717, 1.165) is 23.6 Å². The van der Waals surface area contributed by atoms with E-state index in [9.17, 15) is 4.79 Å². The molecular formula is C21H23N3O2. The molecular weight excluding hydrogens is 326 g/mol. The number of nitrogens with zero attached hydrogens (tertiary/aromatic N) is 2. The van der Waals surface area contributed by atoms with Crippen LogP contribution in [0.1, 0.15) is 37.2 Å². The third-order valence-electron chi connectivity index (χ3n) is 5.06. The Morgan fingerprint density at radius 2 is 1.92 bits per heavy atom. The van der Waals surface area contributed by atoms with Crippen molar-refractivity contribution in [1.29, 1.82) is 0 Å². The summed E-state index contributed by atoms with van der Waals surface area (Å²) < 4.78 is 5.24. The van der Waals surface area contributed by atoms with Gasteiger partial charge in [0.2, 0.25) is 0 Å². The second-order valence-electron chi connectivity index (χ2n) is 6.90. The van der Waals surface area contributed by atoms with E-state index in [4.69, 9.17) is 9.72 Å². The number of para-hydroxylation sites is 1. The van der Waals surface area contributed by atoms with Gasteiger partial charge in [0.15, 0.2) is 0 Å². The summed E-state index contributed by atoms with van der Waals surface area (Å²) >= 11 is 0. The SMILES string of the molecule is COc1ccc(CN(C2CC2)[C@@H](C)c2nc3ccccc3c(=O)[nH]2)cc1. The zero-order chi connectivity index (χ0) is 18.1. The first-order chi connectivity index (χ1) is 12.7. The number of ether oxygens (including phenoxy) is 1. The van der Waals surface area contributed by atoms with E-state index in [-0.39, 0.29) is 11.6 Å². The summed E-state index contributed by atoms with van der Waals surface area (Å²) in [5.41, 5.74) is 1.91. The molecule has 1 aliphatic rings. The van der Waals surface area contributed by atoms with Crippen molar-refractivity contribution < 1.29 is 4.74 Å². The summed E-state index contributed by atoms with van der Waals surface area (Å²) in [5.74, 6) is 1.59. The van der Waals surface area contributed by atoms with Crippen LogP contribution in [0.3, 0.4) is 0 Å². The number of fused-ring (bicyclic) bond motifs is 1. The van der Waals surface area contributed by atoms with Gasteiger partial charge in [0.25, 0.3) is 5.56 Å². The third kappa shape index (κ3) is 3.35. The predicted octanol–water partition coefficient (Wildman–Crippen LogP) is 3.66. The number of methoxy groups -OCH3 is 1. The Hall–Kier alpha value is -2.66. The largest absolute Gasteiger partial charge is 0.497 e. The van der Waals surface area contributed by atoms with Crippen molar-refractivity contribution in [3.8, 4) is 5.75 Å². The molecule has 1 atom stereocenters. The molecule has 0 amide bonds. The Morgan fingerprint density at radius 1 is 1.19 bits per heavy atom. The number of hydrogen-bond acceptors (Lipinski definition) is 4. The maximum Gasteiger partial charge on any atom is 0.258 e. The van der Waals surface area contributed by atoms with Crippen molar-refractivity contribution in [3.05, 3.63) is 70.3 Å². The van der Waals surface area contributed by atoms with Crippen molar-refractivity contribution >= 4 is 10.9 Å². The Kier molecular flexibility index (Phi) is 4.47. The van der Waals surface area contributed by atoms with Crippen LogP contribution in [0.2, 0.25) is 0 Å². The van der Waals surface area contributed by atoms with E-state index in [0.29, 0.717) is 11.4 Å². The highest BCUT2D eigenvalue weighted by Gasteiger charge is 2.33. The molecule has 134 valence electrons. The first kappa shape index (κ1) is 16.8. The molecule has 0 radical (unpaired) electrons. The van der Waals surface area contributed by atoms with Gasteiger partial charge >= 0.3 is 0 Å². The van der Waals surface area contributed by atoms with Crippen molar-refractivity contribution in [2.24, 2.45) is 0 Å². The Balaban J connectivity index is 1.63. The molecule has 1 fully saturated rings. The van der Waals surface area contributed by atoms with E-state index in [1.54, 1.807) is 7.11 Å². The predicted molar refractivity (Wildman–Crippen MR) is 102 cm³/mol. The molecule has 0 saturated heterocycles. The van der Waals surface area contributed by atoms with Gasteiger partial charge in [0, 0.05) is 12.6 Å². The average Bonchev–Trinajstić information content (AvgIpc) is 3.51. The minimum Gasteiger partial charge on any atom is -0.497 e. The lowest BCUT2D eigenvalue weighted by Crippen LogP contribution is -2.31. The highest BCUT2D eigenvalue weighted by atomic mass is 16.5. The van der Waals surface area contributed by atoms with Crippen LogP contribution in [-0.2, 0) is 6.54 Å². The minimum atomic E-state index is -0.0716. The average molecular weight is 349 g/mol. The normalized spacial score (nSPS) is 15.3. The number of hydrogen-bond donors (Lipinski definition) is 1. The van der Waals surface area contributed by atoms with Crippen LogP contribution in [-0.4, -0.2) is 28.0 Å². The van der Waals surface area contributed by atoms with Crippen molar-refractivity contribution in [3.63, 3.8) is 0 Å². The van der Waals surface area contributed by atoms with E-state index in [2.05, 4.69) is 28.9 Å². The number of rotatable bonds is 6. The molecule has 0 aliphatic heterocycles. The van der Waals surface area contributed by atoms with Gasteiger partial charge in [0.05, 0.1) is 24.1 Å². The fourth-order valence-corrected chi connectivity index (χ4v) is 3.39. The highest BCUT2D eigenvalue weighted by molar-refractivity contribution is 5.77. The van der Waals surface area contributed by atoms with Crippen LogP contribution in [0, 0.1) is 0 Å². The Labute approximate surface area is 152 Å². The number of nitrogens with one attached hydrogen (secondary N) is 1. The van der Waals surface area contributed by atoms with E-state index < -0.39 is 0 Å². The summed E-state index contributed by atoms with van der Waals surface area (Å²) in [6, 6.07) is 16.2. The van der Waals surface area contributed by atoms with Crippen LogP contribution in [0.25, 0.3) is 10.9 Å². The minimum absolute atomic E-state index is 0.0434. The number of H-pyrrole nitrogens is 1. The van der Waals surface area contributed by atoms with Crippen LogP contribution >= 0.6 is 0 Å². The maximum absolute atomic E-state index is 12.4. The highest BCUT2D eigenvalue weighted by Crippen LogP contribution is 2.35. The van der Waals surface area contributed by atoms with Crippen molar-refractivity contribution in [2.75, 3.05) is 7.11 Å². The number of aromatic amines is 1. The lowest BCUT2D eigenvalue weighted by molar-refractivity contribution is 0.183. The topological polar surface area (TPSA) is 58.2 Å². The van der Waals surface area contributed by atoms with Crippen LogP contribution < -0.4 is 10.3 Å². The Bertz CT molecular complexity index is 961. The molecule has 1 saturated carbocycles. The van der Waals surface area contributed by atoms with Crippen LogP contribution in [0.15, 0.2) is 53.3 Å². The van der Waals surface area contributed by atoms with E-state index >= 15 is 0 Å². The standard InChI is InChI=1S/C21H23N3O2/c1-14(20-22-19-6-4-3-5-18(19)21(25)23-20)24(16-9-10-16)13-15-7-11-17(26-2)12-8-15/h3-8,11-12,14,16H,9-10,13H2,1-2H3,(H,22,23,25)/t14-/m0/s1. The Morgan fingerprint density at radius 3 is 2.62 bits per heavy atom. The summed E-state index contributed by atoms with van der Waals surface area (Å²) in [6.45, 7) is 2.95. The maximum atomic E-state index is 12.4. The molecule has 3 aromatic rings. The van der Waals surface area contributed by atoms with Gasteiger partial charge in [-0.25, -0.2) is 4.98 Å². The lowest BCUT2D eigenvalue weighted by Gasteiger charge is -2.28. The molecule has 1 aromatic heterocycles. The zero-order valence-electron chi connectivity index (χ0n) is 15.1. The van der Waals surface area contributed by atoms with Crippen LogP contribution in [0.4, 0.5) is 0 Å². The van der Waals surface area contributed by atoms with E-state index in [1.807, 2.05) is 36.4 Å². The molecule has 0 spiro atoms. The van der Waals surface area contributed by atoms with Crippen molar-refractivity contribution in [1.82, 2.24) is 14.9 Å². The fraction of sp³-hybridized carbons (Fsp3) is 0.333. The first-order valence-corrected chi connectivity index (χ1v) is 9.03. The summed E-state index contributed by atoms with van der Waals surface area (Å²) in [7, 11) is 1.68. The molecule has 5 heteroatoms. The molecule has 0 bridgehead atoms. The second kappa shape index (κ2) is 6.92. The van der Waals surface area contributed by atoms with Gasteiger partial charge in [-0.05, 0) is 49.6 Å². The second-order valence-corrected chi connectivity index (χ2v) is 6.90. The zero-order valence-corrected chi connectivity index (χ0v) is 15.1. The third-order valence-corrected chi connectivity index (χ3v) is 5.06. The fourth-order valence-electron chi connectivity index (χ4n) is 3.39. The molecule has 2 aromatic carbocycles. The van der Waals surface area contributed by atoms with Crippen molar-refractivity contribution in [2.45, 2.75) is 38.4 Å². The molecule has 5 nitrogen and oxygen atoms in total. The smallest absolute Gasteiger partial charge is 0.258 e. The van der Waals surface area contributed by atoms with Gasteiger partial charge in [-0.15, -0.1) is 0 Å². The summed E-state index contributed by atoms with van der Waals surface area (Å²) in [6.07, 6.45) is 2.39.